The van der Waals surface area contributed by atoms with Crippen LogP contribution in [0, 0.1) is 0 Å². The molecule has 132 valence electrons. The molecule has 0 spiro atoms. The van der Waals surface area contributed by atoms with Gasteiger partial charge in [-0.2, -0.15) is 0 Å². The van der Waals surface area contributed by atoms with E-state index in [1.165, 1.54) is 27.9 Å². The van der Waals surface area contributed by atoms with Crippen LogP contribution in [-0.4, -0.2) is 61.5 Å². The molecule has 23 heavy (non-hydrogen) atoms. The van der Waals surface area contributed by atoms with Crippen LogP contribution in [0.4, 0.5) is 0 Å². The smallest absolute Gasteiger partial charge is 0.303 e. The van der Waals surface area contributed by atoms with Crippen molar-refractivity contribution in [1.29, 1.82) is 0 Å². The summed E-state index contributed by atoms with van der Waals surface area (Å²) in [6.07, 6.45) is -2.63. The van der Waals surface area contributed by atoms with Gasteiger partial charge in [-0.1, -0.05) is 6.92 Å². The quantitative estimate of drug-likeness (QED) is 0.413. The third kappa shape index (κ3) is 4.78. The van der Waals surface area contributed by atoms with Crippen molar-refractivity contribution in [3.63, 3.8) is 0 Å². The summed E-state index contributed by atoms with van der Waals surface area (Å²) in [6.45, 7) is 5.28. The number of methoxy groups -OCH3 is 1. The summed E-state index contributed by atoms with van der Waals surface area (Å²) < 4.78 is 34.1. The summed E-state index contributed by atoms with van der Waals surface area (Å²) in [6, 6.07) is 0. The highest BCUT2D eigenvalue weighted by atomic mass is 31.2. The van der Waals surface area contributed by atoms with Gasteiger partial charge in [-0.25, -0.2) is 0 Å². The SMILES string of the molecule is CC[P@@]1(=O)C[C@@H](OC(C)=O)[C@H](OC)[C@@H](OC(C)=O)[C@H]1OC(C)=O. The molecule has 1 heterocycles. The molecule has 1 saturated heterocycles. The highest BCUT2D eigenvalue weighted by Crippen LogP contribution is 2.57. The molecule has 5 atom stereocenters. The van der Waals surface area contributed by atoms with Crippen molar-refractivity contribution in [2.75, 3.05) is 19.4 Å². The van der Waals surface area contributed by atoms with Crippen LogP contribution in [-0.2, 0) is 37.9 Å². The first-order valence-corrected chi connectivity index (χ1v) is 9.41. The van der Waals surface area contributed by atoms with Gasteiger partial charge in [-0.15, -0.1) is 0 Å². The lowest BCUT2D eigenvalue weighted by molar-refractivity contribution is -0.184. The van der Waals surface area contributed by atoms with E-state index in [1.807, 2.05) is 0 Å². The van der Waals surface area contributed by atoms with Gasteiger partial charge in [-0.05, 0) is 0 Å². The molecular weight excluding hydrogens is 327 g/mol. The second kappa shape index (κ2) is 7.93. The van der Waals surface area contributed by atoms with Crippen molar-refractivity contribution >= 4 is 25.0 Å². The van der Waals surface area contributed by atoms with Gasteiger partial charge >= 0.3 is 17.9 Å². The van der Waals surface area contributed by atoms with E-state index in [1.54, 1.807) is 6.92 Å². The Kier molecular flexibility index (Phi) is 6.77. The predicted octanol–water partition coefficient (Wildman–Crippen LogP) is 1.15. The second-order valence-corrected chi connectivity index (χ2v) is 8.78. The molecule has 0 aliphatic carbocycles. The second-order valence-electron chi connectivity index (χ2n) is 5.37. The molecule has 0 radical (unpaired) electrons. The lowest BCUT2D eigenvalue weighted by Gasteiger charge is -2.43. The maximum atomic E-state index is 13.2. The Labute approximate surface area is 135 Å². The standard InChI is InChI=1S/C14H23O8P/c1-6-23(18)7-11(20-8(2)15)12(19-5)13(21-9(3)16)14(23)22-10(4)17/h11-14H,6-7H2,1-5H3/t11-,12+,13-,14+,23-/m1/s1. The van der Waals surface area contributed by atoms with Crippen LogP contribution in [0.5, 0.6) is 0 Å². The van der Waals surface area contributed by atoms with E-state index in [-0.39, 0.29) is 12.3 Å². The molecule has 1 rings (SSSR count). The zero-order chi connectivity index (χ0) is 17.8. The summed E-state index contributed by atoms with van der Waals surface area (Å²) in [5.41, 5.74) is 0. The minimum Gasteiger partial charge on any atom is -0.459 e. The summed E-state index contributed by atoms with van der Waals surface area (Å²) >= 11 is 0. The van der Waals surface area contributed by atoms with Crippen molar-refractivity contribution < 1.29 is 37.9 Å². The van der Waals surface area contributed by atoms with E-state index in [2.05, 4.69) is 0 Å². The Morgan fingerprint density at radius 1 is 0.957 bits per heavy atom. The van der Waals surface area contributed by atoms with E-state index in [9.17, 15) is 18.9 Å². The third-order valence-corrected chi connectivity index (χ3v) is 7.01. The molecule has 1 aliphatic rings. The van der Waals surface area contributed by atoms with Crippen molar-refractivity contribution in [3.8, 4) is 0 Å². The summed E-state index contributed by atoms with van der Waals surface area (Å²) in [5.74, 6) is -2.96. The zero-order valence-electron chi connectivity index (χ0n) is 13.9. The molecule has 1 aliphatic heterocycles. The average molecular weight is 350 g/mol. The first-order chi connectivity index (χ1) is 10.6. The van der Waals surface area contributed by atoms with Crippen LogP contribution in [0.3, 0.4) is 0 Å². The van der Waals surface area contributed by atoms with E-state index >= 15 is 0 Å². The highest BCUT2D eigenvalue weighted by Gasteiger charge is 2.55. The molecule has 0 N–H and O–H groups in total. The van der Waals surface area contributed by atoms with Gasteiger partial charge in [-0.3, -0.25) is 14.4 Å². The number of carbonyl (C=O) groups excluding carboxylic acids is 3. The van der Waals surface area contributed by atoms with Gasteiger partial charge in [0.1, 0.15) is 19.3 Å². The molecule has 8 nitrogen and oxygen atoms in total. The molecule has 0 bridgehead atoms. The van der Waals surface area contributed by atoms with Gasteiger partial charge in [0, 0.05) is 40.2 Å². The molecule has 9 heteroatoms. The molecule has 0 aromatic heterocycles. The van der Waals surface area contributed by atoms with Gasteiger partial charge in [0.2, 0.25) is 0 Å². The van der Waals surface area contributed by atoms with Crippen LogP contribution in [0.2, 0.25) is 0 Å². The summed E-state index contributed by atoms with van der Waals surface area (Å²) in [4.78, 5) is 34.1. The largest absolute Gasteiger partial charge is 0.459 e. The first-order valence-electron chi connectivity index (χ1n) is 7.26. The molecular formula is C14H23O8P. The number of rotatable bonds is 5. The van der Waals surface area contributed by atoms with Crippen molar-refractivity contribution in [2.45, 2.75) is 51.9 Å². The highest BCUT2D eigenvalue weighted by molar-refractivity contribution is 7.64. The average Bonchev–Trinajstić information content (AvgIpc) is 2.42. The fourth-order valence-electron chi connectivity index (χ4n) is 2.72. The van der Waals surface area contributed by atoms with Gasteiger partial charge in [0.15, 0.2) is 11.9 Å². The number of carbonyl (C=O) groups is 3. The van der Waals surface area contributed by atoms with Gasteiger partial charge in [0.25, 0.3) is 0 Å². The van der Waals surface area contributed by atoms with Gasteiger partial charge in [0.05, 0.1) is 0 Å². The van der Waals surface area contributed by atoms with E-state index < -0.39 is 49.2 Å². The van der Waals surface area contributed by atoms with Crippen LogP contribution in [0.25, 0.3) is 0 Å². The maximum absolute atomic E-state index is 13.2. The Hall–Kier alpha value is -1.40. The Morgan fingerprint density at radius 3 is 1.87 bits per heavy atom. The lowest BCUT2D eigenvalue weighted by atomic mass is 10.1. The monoisotopic (exact) mass is 350 g/mol. The predicted molar refractivity (Wildman–Crippen MR) is 80.5 cm³/mol. The number of esters is 3. The summed E-state index contributed by atoms with van der Waals surface area (Å²) in [5, 5.41) is 0. The molecule has 0 amide bonds. The summed E-state index contributed by atoms with van der Waals surface area (Å²) in [7, 11) is -1.76. The van der Waals surface area contributed by atoms with Crippen LogP contribution in [0.1, 0.15) is 27.7 Å². The van der Waals surface area contributed by atoms with Crippen LogP contribution >= 0.6 is 7.14 Å². The van der Waals surface area contributed by atoms with Crippen LogP contribution in [0.15, 0.2) is 0 Å². The maximum Gasteiger partial charge on any atom is 0.303 e. The third-order valence-electron chi connectivity index (χ3n) is 3.64. The Bertz CT molecular complexity index is 517. The normalized spacial score (nSPS) is 33.6. The first kappa shape index (κ1) is 19.6. The fraction of sp³-hybridized carbons (Fsp3) is 0.786. The van der Waals surface area contributed by atoms with Crippen LogP contribution < -0.4 is 0 Å². The topological polar surface area (TPSA) is 105 Å². The van der Waals surface area contributed by atoms with Crippen molar-refractivity contribution in [1.82, 2.24) is 0 Å². The molecule has 0 aromatic rings. The van der Waals surface area contributed by atoms with Crippen molar-refractivity contribution in [2.24, 2.45) is 0 Å². The minimum atomic E-state index is -3.11. The van der Waals surface area contributed by atoms with E-state index in [0.717, 1.165) is 0 Å². The molecule has 0 aromatic carbocycles. The van der Waals surface area contributed by atoms with E-state index in [4.69, 9.17) is 18.9 Å². The zero-order valence-corrected chi connectivity index (χ0v) is 14.8. The van der Waals surface area contributed by atoms with Gasteiger partial charge < -0.3 is 23.5 Å². The number of ether oxygens (including phenoxy) is 4. The Balaban J connectivity index is 3.28. The molecule has 1 fully saturated rings. The minimum absolute atomic E-state index is 0.00268. The number of hydrogen-bond donors (Lipinski definition) is 0. The number of hydrogen-bond acceptors (Lipinski definition) is 8. The Morgan fingerprint density at radius 2 is 1.48 bits per heavy atom. The van der Waals surface area contributed by atoms with E-state index in [0.29, 0.717) is 0 Å². The molecule has 0 unspecified atom stereocenters. The fourth-order valence-corrected chi connectivity index (χ4v) is 5.54. The van der Waals surface area contributed by atoms with Crippen molar-refractivity contribution in [3.05, 3.63) is 0 Å². The lowest BCUT2D eigenvalue weighted by Crippen LogP contribution is -2.56. The molecule has 0 saturated carbocycles.